The number of amides is 1. The summed E-state index contributed by atoms with van der Waals surface area (Å²) in [5, 5.41) is 3.95. The van der Waals surface area contributed by atoms with Gasteiger partial charge >= 0.3 is 0 Å². The molecule has 1 aliphatic carbocycles. The fourth-order valence-corrected chi connectivity index (χ4v) is 5.06. The highest BCUT2D eigenvalue weighted by Crippen LogP contribution is 2.35. The number of carbonyl (C=O) groups excluding carboxylic acids is 1. The number of nitrogens with one attached hydrogen (secondary N) is 1. The lowest BCUT2D eigenvalue weighted by atomic mass is 10.1. The summed E-state index contributed by atoms with van der Waals surface area (Å²) in [6, 6.07) is 9.25. The van der Waals surface area contributed by atoms with Crippen LogP contribution in [0.25, 0.3) is 16.4 Å². The smallest absolute Gasteiger partial charge is 0.275 e. The molecule has 4 aromatic rings. The summed E-state index contributed by atoms with van der Waals surface area (Å²) in [5.41, 5.74) is 2.02. The van der Waals surface area contributed by atoms with Gasteiger partial charge in [-0.1, -0.05) is 31.7 Å². The summed E-state index contributed by atoms with van der Waals surface area (Å²) in [6.45, 7) is 0.242. The van der Waals surface area contributed by atoms with E-state index in [1.165, 1.54) is 17.4 Å². The van der Waals surface area contributed by atoms with Crippen LogP contribution in [-0.2, 0) is 6.54 Å². The normalized spacial score (nSPS) is 14.7. The number of benzene rings is 1. The first kappa shape index (κ1) is 23.0. The van der Waals surface area contributed by atoms with Crippen LogP contribution in [-0.4, -0.2) is 40.1 Å². The van der Waals surface area contributed by atoms with Crippen LogP contribution in [0.15, 0.2) is 53.7 Å². The molecule has 1 amide bonds. The second-order valence-corrected chi connectivity index (χ2v) is 9.06. The highest BCUT2D eigenvalue weighted by Gasteiger charge is 2.23. The van der Waals surface area contributed by atoms with Crippen LogP contribution in [0.4, 0.5) is 0 Å². The van der Waals surface area contributed by atoms with Crippen LogP contribution in [0.5, 0.6) is 11.5 Å². The van der Waals surface area contributed by atoms with E-state index in [-0.39, 0.29) is 24.1 Å². The van der Waals surface area contributed by atoms with Crippen molar-refractivity contribution in [3.05, 3.63) is 70.5 Å². The number of hydrogen-bond acceptors (Lipinski definition) is 5. The average molecular weight is 475 g/mol. The topological polar surface area (TPSA) is 86.9 Å². The van der Waals surface area contributed by atoms with Gasteiger partial charge in [0, 0.05) is 30.0 Å². The lowest BCUT2D eigenvalue weighted by molar-refractivity contribution is 0.0922. The molecule has 0 bridgehead atoms. The highest BCUT2D eigenvalue weighted by molar-refractivity contribution is 5.98. The maximum atomic E-state index is 13.8. The van der Waals surface area contributed by atoms with Crippen molar-refractivity contribution in [1.29, 1.82) is 0 Å². The summed E-state index contributed by atoms with van der Waals surface area (Å²) in [5.74, 6) is 0.982. The quantitative estimate of drug-likeness (QED) is 0.424. The zero-order valence-corrected chi connectivity index (χ0v) is 20.1. The van der Waals surface area contributed by atoms with E-state index in [9.17, 15) is 9.59 Å². The number of ether oxygens (including phenoxy) is 2. The molecule has 8 heteroatoms. The van der Waals surface area contributed by atoms with Gasteiger partial charge in [0.2, 0.25) is 0 Å². The van der Waals surface area contributed by atoms with Crippen LogP contribution < -0.4 is 20.3 Å². The Bertz CT molecular complexity index is 1420. The van der Waals surface area contributed by atoms with Gasteiger partial charge in [0.1, 0.15) is 22.7 Å². The minimum Gasteiger partial charge on any atom is -0.496 e. The van der Waals surface area contributed by atoms with E-state index < -0.39 is 0 Å². The molecule has 3 heterocycles. The van der Waals surface area contributed by atoms with E-state index in [0.29, 0.717) is 28.2 Å². The van der Waals surface area contributed by atoms with Gasteiger partial charge in [-0.25, -0.2) is 0 Å². The standard InChI is InChI=1S/C27H30N4O4/c1-34-23-11-12-24(35-2)25-20(23)14-21-27(33)31(16-18-8-7-13-28-15-18)22(17-30(21)25)26(32)29-19-9-5-3-4-6-10-19/h7-8,11-15,17,19H,3-6,9-10,16H2,1-2H3,(H,29,32). The van der Waals surface area contributed by atoms with Crippen molar-refractivity contribution in [3.63, 3.8) is 0 Å². The predicted octanol–water partition coefficient (Wildman–Crippen LogP) is 4.17. The van der Waals surface area contributed by atoms with Crippen molar-refractivity contribution in [2.24, 2.45) is 0 Å². The van der Waals surface area contributed by atoms with E-state index in [0.717, 1.165) is 36.6 Å². The second kappa shape index (κ2) is 9.82. The third-order valence-corrected chi connectivity index (χ3v) is 6.85. The third-order valence-electron chi connectivity index (χ3n) is 6.85. The Morgan fingerprint density at radius 3 is 2.51 bits per heavy atom. The average Bonchev–Trinajstić information content (AvgIpc) is 3.08. The van der Waals surface area contributed by atoms with Gasteiger partial charge in [-0.15, -0.1) is 0 Å². The van der Waals surface area contributed by atoms with Crippen molar-refractivity contribution in [2.45, 2.75) is 51.1 Å². The molecule has 0 atom stereocenters. The zero-order valence-electron chi connectivity index (χ0n) is 20.1. The van der Waals surface area contributed by atoms with Crippen molar-refractivity contribution < 1.29 is 14.3 Å². The summed E-state index contributed by atoms with van der Waals surface area (Å²) in [4.78, 5) is 31.6. The number of aromatic nitrogens is 3. The van der Waals surface area contributed by atoms with Gasteiger partial charge in [0.05, 0.1) is 26.3 Å². The molecule has 0 radical (unpaired) electrons. The molecule has 1 fully saturated rings. The molecule has 0 spiro atoms. The Morgan fingerprint density at radius 1 is 1.09 bits per heavy atom. The van der Waals surface area contributed by atoms with Crippen LogP contribution in [0.2, 0.25) is 0 Å². The lowest BCUT2D eigenvalue weighted by Crippen LogP contribution is -2.39. The van der Waals surface area contributed by atoms with Crippen molar-refractivity contribution in [2.75, 3.05) is 14.2 Å². The molecule has 5 rings (SSSR count). The Hall–Kier alpha value is -3.81. The second-order valence-electron chi connectivity index (χ2n) is 9.06. The Labute approximate surface area is 203 Å². The molecule has 1 saturated carbocycles. The molecular formula is C27H30N4O4. The molecule has 0 unspecified atom stereocenters. The van der Waals surface area contributed by atoms with Crippen LogP contribution >= 0.6 is 0 Å². The van der Waals surface area contributed by atoms with Gasteiger partial charge in [-0.3, -0.25) is 19.1 Å². The maximum Gasteiger partial charge on any atom is 0.275 e. The number of methoxy groups -OCH3 is 2. The first-order valence-electron chi connectivity index (χ1n) is 12.1. The third kappa shape index (κ3) is 4.36. The minimum atomic E-state index is -0.261. The molecular weight excluding hydrogens is 444 g/mol. The fraction of sp³-hybridized carbons (Fsp3) is 0.370. The van der Waals surface area contributed by atoms with E-state index in [2.05, 4.69) is 10.3 Å². The SMILES string of the molecule is COc1ccc(OC)c2c1cc1c(=O)n(Cc3cccnc3)c(C(=O)NC3CCCCCC3)cn12. The molecule has 1 N–H and O–H groups in total. The first-order chi connectivity index (χ1) is 17.1. The first-order valence-corrected chi connectivity index (χ1v) is 12.1. The molecule has 0 aliphatic heterocycles. The number of rotatable bonds is 6. The summed E-state index contributed by atoms with van der Waals surface area (Å²) < 4.78 is 14.4. The summed E-state index contributed by atoms with van der Waals surface area (Å²) in [7, 11) is 3.18. The Kier molecular flexibility index (Phi) is 6.44. The number of hydrogen-bond donors (Lipinski definition) is 1. The van der Waals surface area contributed by atoms with Crippen molar-refractivity contribution >= 4 is 22.3 Å². The molecule has 0 saturated heterocycles. The monoisotopic (exact) mass is 474 g/mol. The van der Waals surface area contributed by atoms with E-state index in [1.807, 2.05) is 18.2 Å². The summed E-state index contributed by atoms with van der Waals surface area (Å²) in [6.07, 6.45) is 11.7. The molecule has 1 aliphatic rings. The maximum absolute atomic E-state index is 13.8. The Balaban J connectivity index is 1.70. The van der Waals surface area contributed by atoms with Gasteiger partial charge in [0.25, 0.3) is 11.5 Å². The predicted molar refractivity (Wildman–Crippen MR) is 135 cm³/mol. The van der Waals surface area contributed by atoms with Gasteiger partial charge in [0.15, 0.2) is 0 Å². The van der Waals surface area contributed by atoms with Gasteiger partial charge < -0.3 is 19.2 Å². The van der Waals surface area contributed by atoms with E-state index in [1.54, 1.807) is 49.3 Å². The van der Waals surface area contributed by atoms with Crippen molar-refractivity contribution in [1.82, 2.24) is 19.3 Å². The number of pyridine rings is 1. The van der Waals surface area contributed by atoms with Crippen LogP contribution in [0, 0.1) is 0 Å². The molecule has 3 aromatic heterocycles. The van der Waals surface area contributed by atoms with Gasteiger partial charge in [-0.05, 0) is 42.7 Å². The molecule has 182 valence electrons. The fourth-order valence-electron chi connectivity index (χ4n) is 5.06. The highest BCUT2D eigenvalue weighted by atomic mass is 16.5. The minimum absolute atomic E-state index is 0.110. The van der Waals surface area contributed by atoms with Crippen LogP contribution in [0.3, 0.4) is 0 Å². The zero-order chi connectivity index (χ0) is 24.4. The van der Waals surface area contributed by atoms with E-state index >= 15 is 0 Å². The number of nitrogens with zero attached hydrogens (tertiary/aromatic N) is 3. The number of carbonyl (C=O) groups is 1. The van der Waals surface area contributed by atoms with E-state index in [4.69, 9.17) is 9.47 Å². The molecule has 8 nitrogen and oxygen atoms in total. The largest absolute Gasteiger partial charge is 0.496 e. The van der Waals surface area contributed by atoms with Crippen LogP contribution in [0.1, 0.15) is 54.6 Å². The van der Waals surface area contributed by atoms with Crippen molar-refractivity contribution in [3.8, 4) is 11.5 Å². The Morgan fingerprint density at radius 2 is 1.83 bits per heavy atom. The van der Waals surface area contributed by atoms with Gasteiger partial charge in [-0.2, -0.15) is 0 Å². The molecule has 35 heavy (non-hydrogen) atoms. The summed E-state index contributed by atoms with van der Waals surface area (Å²) >= 11 is 0. The molecule has 1 aromatic carbocycles. The number of fused-ring (bicyclic) bond motifs is 3. The lowest BCUT2D eigenvalue weighted by Gasteiger charge is -2.19.